The second-order valence-electron chi connectivity index (χ2n) is 3.89. The van der Waals surface area contributed by atoms with E-state index in [1.165, 1.54) is 0 Å². The first-order valence-corrected chi connectivity index (χ1v) is 6.50. The lowest BCUT2D eigenvalue weighted by Gasteiger charge is -2.11. The first kappa shape index (κ1) is 12.9. The van der Waals surface area contributed by atoms with Crippen molar-refractivity contribution in [3.63, 3.8) is 0 Å². The summed E-state index contributed by atoms with van der Waals surface area (Å²) < 4.78 is 0.989. The highest BCUT2D eigenvalue weighted by atomic mass is 79.9. The zero-order valence-corrected chi connectivity index (χ0v) is 12.0. The van der Waals surface area contributed by atoms with Gasteiger partial charge in [0.2, 0.25) is 0 Å². The maximum absolute atomic E-state index is 9.09. The van der Waals surface area contributed by atoms with Crippen molar-refractivity contribution in [2.75, 3.05) is 5.32 Å². The van der Waals surface area contributed by atoms with E-state index >= 15 is 0 Å². The Morgan fingerprint density at radius 3 is 2.67 bits per heavy atom. The van der Waals surface area contributed by atoms with Gasteiger partial charge >= 0.3 is 0 Å². The van der Waals surface area contributed by atoms with E-state index in [1.807, 2.05) is 25.1 Å². The summed E-state index contributed by atoms with van der Waals surface area (Å²) in [4.78, 5) is 0. The fourth-order valence-electron chi connectivity index (χ4n) is 1.59. The summed E-state index contributed by atoms with van der Waals surface area (Å²) in [5.41, 5.74) is 3.35. The van der Waals surface area contributed by atoms with Crippen molar-refractivity contribution in [1.82, 2.24) is 0 Å². The molecule has 0 heterocycles. The van der Waals surface area contributed by atoms with Gasteiger partial charge in [0.15, 0.2) is 0 Å². The molecule has 0 spiro atoms. The van der Waals surface area contributed by atoms with Gasteiger partial charge in [0, 0.05) is 15.2 Å². The third-order valence-electron chi connectivity index (χ3n) is 2.57. The fraction of sp³-hybridized carbons (Fsp3) is 0.0714. The van der Waals surface area contributed by atoms with Crippen molar-refractivity contribution in [2.45, 2.75) is 6.92 Å². The number of nitrogens with zero attached hydrogens (tertiary/aromatic N) is 1. The van der Waals surface area contributed by atoms with Crippen LogP contribution in [0.5, 0.6) is 0 Å². The van der Waals surface area contributed by atoms with Crippen molar-refractivity contribution >= 4 is 38.9 Å². The lowest BCUT2D eigenvalue weighted by molar-refractivity contribution is 1.40. The van der Waals surface area contributed by atoms with Gasteiger partial charge in [-0.1, -0.05) is 33.6 Å². The average Bonchev–Trinajstić information content (AvgIpc) is 2.36. The van der Waals surface area contributed by atoms with E-state index in [4.69, 9.17) is 16.9 Å². The Bertz CT molecular complexity index is 632. The quantitative estimate of drug-likeness (QED) is 0.842. The van der Waals surface area contributed by atoms with E-state index < -0.39 is 0 Å². The van der Waals surface area contributed by atoms with Gasteiger partial charge in [-0.2, -0.15) is 5.26 Å². The zero-order valence-electron chi connectivity index (χ0n) is 9.67. The topological polar surface area (TPSA) is 35.8 Å². The van der Waals surface area contributed by atoms with Crippen molar-refractivity contribution < 1.29 is 0 Å². The van der Waals surface area contributed by atoms with Crippen molar-refractivity contribution in [3.8, 4) is 6.07 Å². The summed E-state index contributed by atoms with van der Waals surface area (Å²) in [7, 11) is 0. The van der Waals surface area contributed by atoms with Gasteiger partial charge in [-0.15, -0.1) is 0 Å². The van der Waals surface area contributed by atoms with Gasteiger partial charge in [0.05, 0.1) is 11.3 Å². The van der Waals surface area contributed by atoms with Crippen LogP contribution in [0.1, 0.15) is 11.1 Å². The lowest BCUT2D eigenvalue weighted by Crippen LogP contribution is -1.95. The SMILES string of the molecule is Cc1ccc(Br)cc1Nc1ccc(Cl)cc1C#N. The van der Waals surface area contributed by atoms with Crippen LogP contribution in [0.4, 0.5) is 11.4 Å². The predicted octanol–water partition coefficient (Wildman–Crippen LogP) is 5.03. The third-order valence-corrected chi connectivity index (χ3v) is 3.30. The minimum Gasteiger partial charge on any atom is -0.354 e. The number of hydrogen-bond acceptors (Lipinski definition) is 2. The maximum atomic E-state index is 9.09. The van der Waals surface area contributed by atoms with E-state index in [1.54, 1.807) is 18.2 Å². The molecule has 0 saturated carbocycles. The molecule has 18 heavy (non-hydrogen) atoms. The number of hydrogen-bond donors (Lipinski definition) is 1. The van der Waals surface area contributed by atoms with Crippen LogP contribution in [0.3, 0.4) is 0 Å². The monoisotopic (exact) mass is 320 g/mol. The van der Waals surface area contributed by atoms with Crippen LogP contribution in [0.15, 0.2) is 40.9 Å². The number of nitrogens with one attached hydrogen (secondary N) is 1. The molecule has 2 aromatic rings. The maximum Gasteiger partial charge on any atom is 0.101 e. The molecule has 0 aliphatic carbocycles. The number of halogens is 2. The molecule has 0 radical (unpaired) electrons. The molecule has 0 aromatic heterocycles. The fourth-order valence-corrected chi connectivity index (χ4v) is 2.13. The highest BCUT2D eigenvalue weighted by molar-refractivity contribution is 9.10. The molecule has 0 unspecified atom stereocenters. The van der Waals surface area contributed by atoms with Gasteiger partial charge in [0.25, 0.3) is 0 Å². The van der Waals surface area contributed by atoms with Crippen LogP contribution in [0.25, 0.3) is 0 Å². The summed E-state index contributed by atoms with van der Waals surface area (Å²) in [6.07, 6.45) is 0. The highest BCUT2D eigenvalue weighted by Crippen LogP contribution is 2.27. The molecule has 0 aliphatic heterocycles. The summed E-state index contributed by atoms with van der Waals surface area (Å²) in [5.74, 6) is 0. The van der Waals surface area contributed by atoms with Gasteiger partial charge in [0.1, 0.15) is 6.07 Å². The first-order valence-electron chi connectivity index (χ1n) is 5.33. The molecule has 2 nitrogen and oxygen atoms in total. The Morgan fingerprint density at radius 2 is 1.94 bits per heavy atom. The number of aryl methyl sites for hydroxylation is 1. The second-order valence-corrected chi connectivity index (χ2v) is 5.24. The number of anilines is 2. The first-order chi connectivity index (χ1) is 8.60. The highest BCUT2D eigenvalue weighted by Gasteiger charge is 2.05. The van der Waals surface area contributed by atoms with Crippen molar-refractivity contribution in [2.24, 2.45) is 0 Å². The van der Waals surface area contributed by atoms with E-state index in [9.17, 15) is 0 Å². The largest absolute Gasteiger partial charge is 0.354 e. The third kappa shape index (κ3) is 2.84. The van der Waals surface area contributed by atoms with Crippen LogP contribution < -0.4 is 5.32 Å². The van der Waals surface area contributed by atoms with Gasteiger partial charge in [-0.05, 0) is 42.8 Å². The molecule has 0 amide bonds. The van der Waals surface area contributed by atoms with E-state index in [2.05, 4.69) is 27.3 Å². The molecule has 1 N–H and O–H groups in total. The summed E-state index contributed by atoms with van der Waals surface area (Å²) >= 11 is 9.30. The van der Waals surface area contributed by atoms with E-state index in [-0.39, 0.29) is 0 Å². The Balaban J connectivity index is 2.40. The predicted molar refractivity (Wildman–Crippen MR) is 78.3 cm³/mol. The number of benzene rings is 2. The van der Waals surface area contributed by atoms with E-state index in [0.717, 1.165) is 21.4 Å². The molecular formula is C14H10BrClN2. The minimum atomic E-state index is 0.530. The molecule has 90 valence electrons. The van der Waals surface area contributed by atoms with Crippen LogP contribution in [-0.4, -0.2) is 0 Å². The van der Waals surface area contributed by atoms with Gasteiger partial charge < -0.3 is 5.32 Å². The molecule has 2 rings (SSSR count). The number of nitriles is 1. The molecule has 0 saturated heterocycles. The second kappa shape index (κ2) is 5.43. The standard InChI is InChI=1S/C14H10BrClN2/c1-9-2-3-11(15)7-14(9)18-13-5-4-12(16)6-10(13)8-17/h2-7,18H,1H3. The smallest absolute Gasteiger partial charge is 0.101 e. The summed E-state index contributed by atoms with van der Waals surface area (Å²) in [6.45, 7) is 2.01. The minimum absolute atomic E-state index is 0.530. The van der Waals surface area contributed by atoms with Gasteiger partial charge in [-0.3, -0.25) is 0 Å². The van der Waals surface area contributed by atoms with Crippen LogP contribution >= 0.6 is 27.5 Å². The molecule has 0 bridgehead atoms. The normalized spacial score (nSPS) is 9.89. The Morgan fingerprint density at radius 1 is 1.17 bits per heavy atom. The molecule has 4 heteroatoms. The zero-order chi connectivity index (χ0) is 13.1. The summed E-state index contributed by atoms with van der Waals surface area (Å²) in [6, 6.07) is 13.3. The Labute approximate surface area is 119 Å². The van der Waals surface area contributed by atoms with Crippen molar-refractivity contribution in [1.29, 1.82) is 5.26 Å². The molecule has 0 fully saturated rings. The van der Waals surface area contributed by atoms with Crippen LogP contribution in [-0.2, 0) is 0 Å². The molecule has 0 aliphatic rings. The Hall–Kier alpha value is -1.50. The molecule has 2 aromatic carbocycles. The van der Waals surface area contributed by atoms with Crippen LogP contribution in [0.2, 0.25) is 5.02 Å². The molecule has 0 atom stereocenters. The van der Waals surface area contributed by atoms with E-state index in [0.29, 0.717) is 10.6 Å². The number of rotatable bonds is 2. The average molecular weight is 322 g/mol. The van der Waals surface area contributed by atoms with Crippen LogP contribution in [0, 0.1) is 18.3 Å². The van der Waals surface area contributed by atoms with Gasteiger partial charge in [-0.25, -0.2) is 0 Å². The Kier molecular flexibility index (Phi) is 3.90. The van der Waals surface area contributed by atoms with Crippen molar-refractivity contribution in [3.05, 3.63) is 57.0 Å². The lowest BCUT2D eigenvalue weighted by atomic mass is 10.1. The molecular weight excluding hydrogens is 312 g/mol. The summed E-state index contributed by atoms with van der Waals surface area (Å²) in [5, 5.41) is 12.9.